The first-order valence-corrected chi connectivity index (χ1v) is 11.7. The van der Waals surface area contributed by atoms with Gasteiger partial charge in [0.2, 0.25) is 11.7 Å². The summed E-state index contributed by atoms with van der Waals surface area (Å²) < 4.78 is 39.9. The Bertz CT molecular complexity index is 1340. The summed E-state index contributed by atoms with van der Waals surface area (Å²) in [6, 6.07) is 7.78. The molecule has 9 nitrogen and oxygen atoms in total. The molecule has 0 saturated heterocycles. The maximum absolute atomic E-state index is 14.7. The van der Waals surface area contributed by atoms with Gasteiger partial charge in [0.15, 0.2) is 0 Å². The molecule has 2 atom stereocenters. The fourth-order valence-electron chi connectivity index (χ4n) is 3.81. The molecule has 0 radical (unpaired) electrons. The van der Waals surface area contributed by atoms with E-state index in [-0.39, 0.29) is 54.3 Å². The number of primary amides is 1. The molecule has 2 amide bonds. The maximum Gasteiger partial charge on any atom is 0.286 e. The van der Waals surface area contributed by atoms with E-state index in [4.69, 9.17) is 26.8 Å². The van der Waals surface area contributed by atoms with Crippen LogP contribution >= 0.6 is 11.6 Å². The lowest BCUT2D eigenvalue weighted by Crippen LogP contribution is -2.33. The molecule has 0 spiro atoms. The van der Waals surface area contributed by atoms with Gasteiger partial charge in [-0.1, -0.05) is 0 Å². The number of alkyl halides is 1. The van der Waals surface area contributed by atoms with Gasteiger partial charge in [0, 0.05) is 48.3 Å². The highest BCUT2D eigenvalue weighted by atomic mass is 35.5. The van der Waals surface area contributed by atoms with Gasteiger partial charge in [0.1, 0.15) is 35.7 Å². The zero-order valence-electron chi connectivity index (χ0n) is 19.7. The quantitative estimate of drug-likeness (QED) is 0.427. The van der Waals surface area contributed by atoms with E-state index in [0.29, 0.717) is 23.3 Å². The molecule has 1 aromatic heterocycles. The SMILES string of the molecule is CN1C(=O)[C@@H](c2cnc(C(N)=O)nc2-c2ccc(F)cc2F)COc2ccc(OCC(CO)CCl)cc21. The maximum atomic E-state index is 14.7. The second-order valence-electron chi connectivity index (χ2n) is 8.39. The number of amides is 2. The number of carbonyl (C=O) groups excluding carboxylic acids is 2. The van der Waals surface area contributed by atoms with Crippen molar-refractivity contribution in [2.24, 2.45) is 11.7 Å². The monoisotopic (exact) mass is 532 g/mol. The number of nitrogens with zero attached hydrogens (tertiary/aromatic N) is 3. The van der Waals surface area contributed by atoms with Crippen LogP contribution < -0.4 is 20.1 Å². The third-order valence-electron chi connectivity index (χ3n) is 5.89. The van der Waals surface area contributed by atoms with Crippen molar-refractivity contribution in [1.82, 2.24) is 9.97 Å². The largest absolute Gasteiger partial charge is 0.493 e. The summed E-state index contributed by atoms with van der Waals surface area (Å²) in [5, 5.41) is 9.32. The van der Waals surface area contributed by atoms with E-state index in [9.17, 15) is 23.5 Å². The average molecular weight is 533 g/mol. The van der Waals surface area contributed by atoms with E-state index in [1.54, 1.807) is 25.2 Å². The second kappa shape index (κ2) is 11.1. The zero-order valence-corrected chi connectivity index (χ0v) is 20.4. The minimum atomic E-state index is -1.00. The van der Waals surface area contributed by atoms with Gasteiger partial charge in [0.05, 0.1) is 24.6 Å². The molecule has 1 aliphatic rings. The van der Waals surface area contributed by atoms with Crippen LogP contribution in [0.25, 0.3) is 11.3 Å². The summed E-state index contributed by atoms with van der Waals surface area (Å²) in [5.74, 6) is -3.71. The molecule has 1 unspecified atom stereocenters. The lowest BCUT2D eigenvalue weighted by atomic mass is 9.94. The van der Waals surface area contributed by atoms with Crippen LogP contribution in [0.3, 0.4) is 0 Å². The Morgan fingerprint density at radius 1 is 1.32 bits per heavy atom. The number of halogens is 3. The minimum absolute atomic E-state index is 0.0808. The molecule has 0 bridgehead atoms. The summed E-state index contributed by atoms with van der Waals surface area (Å²) in [5.41, 5.74) is 5.68. The fourth-order valence-corrected chi connectivity index (χ4v) is 4.00. The van der Waals surface area contributed by atoms with E-state index in [0.717, 1.165) is 12.1 Å². The van der Waals surface area contributed by atoms with Crippen molar-refractivity contribution in [1.29, 1.82) is 0 Å². The molecule has 0 fully saturated rings. The zero-order chi connectivity index (χ0) is 26.7. The van der Waals surface area contributed by atoms with Crippen LogP contribution in [0, 0.1) is 17.6 Å². The highest BCUT2D eigenvalue weighted by molar-refractivity contribution is 6.18. The molecular weight excluding hydrogens is 510 g/mol. The first kappa shape index (κ1) is 26.2. The molecule has 2 aromatic carbocycles. The Hall–Kier alpha value is -3.83. The van der Waals surface area contributed by atoms with Crippen LogP contribution in [-0.4, -0.2) is 59.6 Å². The standard InChI is InChI=1S/C25H23ClF2N4O5/c1-32-20-7-15(36-11-13(8-26)10-33)3-5-21(20)37-12-18(25(32)35)17-9-30-24(23(29)34)31-22(17)16-4-2-14(27)6-19(16)28/h2-7,9,13,18,33H,8,10-12H2,1H3,(H2,29,34)/t13?,18-/m1/s1. The Kier molecular flexibility index (Phi) is 7.84. The van der Waals surface area contributed by atoms with Gasteiger partial charge in [-0.25, -0.2) is 18.7 Å². The second-order valence-corrected chi connectivity index (χ2v) is 8.70. The third kappa shape index (κ3) is 5.47. The highest BCUT2D eigenvalue weighted by Crippen LogP contribution is 2.39. The van der Waals surface area contributed by atoms with Gasteiger partial charge < -0.3 is 25.2 Å². The summed E-state index contributed by atoms with van der Waals surface area (Å²) in [7, 11) is 1.54. The van der Waals surface area contributed by atoms with Crippen LogP contribution in [0.2, 0.25) is 0 Å². The van der Waals surface area contributed by atoms with Crippen LogP contribution in [-0.2, 0) is 4.79 Å². The highest BCUT2D eigenvalue weighted by Gasteiger charge is 2.34. The van der Waals surface area contributed by atoms with Crippen LogP contribution in [0.1, 0.15) is 22.1 Å². The van der Waals surface area contributed by atoms with Gasteiger partial charge in [-0.05, 0) is 24.3 Å². The number of aliphatic hydroxyl groups excluding tert-OH is 1. The van der Waals surface area contributed by atoms with Crippen molar-refractivity contribution >= 4 is 29.1 Å². The van der Waals surface area contributed by atoms with Crippen molar-refractivity contribution in [2.45, 2.75) is 5.92 Å². The lowest BCUT2D eigenvalue weighted by Gasteiger charge is -2.22. The van der Waals surface area contributed by atoms with Crippen molar-refractivity contribution in [2.75, 3.05) is 37.6 Å². The number of ether oxygens (including phenoxy) is 2. The molecule has 194 valence electrons. The molecule has 12 heteroatoms. The van der Waals surface area contributed by atoms with E-state index >= 15 is 0 Å². The van der Waals surface area contributed by atoms with E-state index in [1.165, 1.54) is 11.1 Å². The summed E-state index contributed by atoms with van der Waals surface area (Å²) in [4.78, 5) is 34.7. The van der Waals surface area contributed by atoms with Gasteiger partial charge in [-0.3, -0.25) is 9.59 Å². The first-order valence-electron chi connectivity index (χ1n) is 11.2. The predicted molar refractivity (Wildman–Crippen MR) is 131 cm³/mol. The van der Waals surface area contributed by atoms with Crippen molar-refractivity contribution in [3.05, 3.63) is 65.6 Å². The average Bonchev–Trinajstić information content (AvgIpc) is 3.00. The molecule has 2 heterocycles. The number of fused-ring (bicyclic) bond motifs is 1. The molecule has 0 saturated carbocycles. The lowest BCUT2D eigenvalue weighted by molar-refractivity contribution is -0.120. The van der Waals surface area contributed by atoms with Gasteiger partial charge in [0.25, 0.3) is 5.91 Å². The number of rotatable bonds is 8. The predicted octanol–water partition coefficient (Wildman–Crippen LogP) is 2.89. The van der Waals surface area contributed by atoms with Crippen molar-refractivity contribution < 1.29 is 33.0 Å². The molecule has 3 aromatic rings. The number of hydrogen-bond acceptors (Lipinski definition) is 7. The Morgan fingerprint density at radius 3 is 2.78 bits per heavy atom. The van der Waals surface area contributed by atoms with E-state index in [2.05, 4.69) is 9.97 Å². The molecule has 0 aliphatic carbocycles. The fraction of sp³-hybridized carbons (Fsp3) is 0.280. The number of aliphatic hydroxyl groups is 1. The van der Waals surface area contributed by atoms with Crippen molar-refractivity contribution in [3.8, 4) is 22.8 Å². The molecule has 37 heavy (non-hydrogen) atoms. The minimum Gasteiger partial charge on any atom is -0.493 e. The first-order chi connectivity index (χ1) is 17.7. The van der Waals surface area contributed by atoms with E-state index < -0.39 is 29.4 Å². The number of anilines is 1. The number of carbonyl (C=O) groups is 2. The van der Waals surface area contributed by atoms with Crippen molar-refractivity contribution in [3.63, 3.8) is 0 Å². The molecule has 4 rings (SSSR count). The van der Waals surface area contributed by atoms with Gasteiger partial charge >= 0.3 is 0 Å². The number of benzene rings is 2. The summed E-state index contributed by atoms with van der Waals surface area (Å²) in [6.07, 6.45) is 1.22. The topological polar surface area (TPSA) is 128 Å². The Labute approximate surface area is 215 Å². The number of aromatic nitrogens is 2. The summed E-state index contributed by atoms with van der Waals surface area (Å²) >= 11 is 5.80. The number of nitrogens with two attached hydrogens (primary N) is 1. The van der Waals surface area contributed by atoms with Crippen LogP contribution in [0.5, 0.6) is 11.5 Å². The van der Waals surface area contributed by atoms with Crippen LogP contribution in [0.15, 0.2) is 42.6 Å². The third-order valence-corrected chi connectivity index (χ3v) is 6.32. The Balaban J connectivity index is 1.71. The molecular formula is C25H23ClF2N4O5. The summed E-state index contributed by atoms with van der Waals surface area (Å²) in [6.45, 7) is -0.106. The van der Waals surface area contributed by atoms with Gasteiger partial charge in [-0.15, -0.1) is 11.6 Å². The normalized spacial score (nSPS) is 16.0. The Morgan fingerprint density at radius 2 is 2.11 bits per heavy atom. The number of likely N-dealkylation sites (N-methyl/N-ethyl adjacent to an activating group) is 1. The van der Waals surface area contributed by atoms with Gasteiger partial charge in [-0.2, -0.15) is 0 Å². The molecule has 3 N–H and O–H groups in total. The van der Waals surface area contributed by atoms with Crippen LogP contribution in [0.4, 0.5) is 14.5 Å². The van der Waals surface area contributed by atoms with E-state index in [1.807, 2.05) is 0 Å². The smallest absolute Gasteiger partial charge is 0.286 e. The number of hydrogen-bond donors (Lipinski definition) is 2. The molecule has 1 aliphatic heterocycles.